The summed E-state index contributed by atoms with van der Waals surface area (Å²) >= 11 is 0. The summed E-state index contributed by atoms with van der Waals surface area (Å²) in [6.07, 6.45) is 3.27. The van der Waals surface area contributed by atoms with Gasteiger partial charge in [0.25, 0.3) is 0 Å². The van der Waals surface area contributed by atoms with Gasteiger partial charge >= 0.3 is 0 Å². The van der Waals surface area contributed by atoms with Crippen LogP contribution in [0.15, 0.2) is 47.8 Å². The van der Waals surface area contributed by atoms with Gasteiger partial charge in [-0.15, -0.1) is 0 Å². The van der Waals surface area contributed by atoms with E-state index in [0.717, 1.165) is 5.56 Å². The van der Waals surface area contributed by atoms with E-state index >= 15 is 0 Å². The summed E-state index contributed by atoms with van der Waals surface area (Å²) in [7, 11) is 3.61. The van der Waals surface area contributed by atoms with Gasteiger partial charge in [0.1, 0.15) is 11.9 Å². The predicted octanol–water partition coefficient (Wildman–Crippen LogP) is 2.96. The van der Waals surface area contributed by atoms with Gasteiger partial charge in [-0.2, -0.15) is 5.26 Å². The predicted molar refractivity (Wildman–Crippen MR) is 79.8 cm³/mol. The summed E-state index contributed by atoms with van der Waals surface area (Å²) in [6, 6.07) is 6.52. The lowest BCUT2D eigenvalue weighted by Crippen LogP contribution is -2.07. The van der Waals surface area contributed by atoms with Crippen LogP contribution in [0.25, 0.3) is 6.08 Å². The van der Waals surface area contributed by atoms with Crippen LogP contribution in [0.1, 0.15) is 11.1 Å². The normalized spacial score (nSPS) is 11.9. The van der Waals surface area contributed by atoms with E-state index in [1.807, 2.05) is 6.92 Å². The molecule has 1 aromatic carbocycles. The number of nitriles is 1. The average Bonchev–Trinajstić information content (AvgIpc) is 2.39. The fourth-order valence-electron chi connectivity index (χ4n) is 1.61. The van der Waals surface area contributed by atoms with Crippen molar-refractivity contribution >= 4 is 6.08 Å². The van der Waals surface area contributed by atoms with Crippen LogP contribution in [0, 0.1) is 24.1 Å². The maximum atomic E-state index is 13.2. The van der Waals surface area contributed by atoms with E-state index in [-0.39, 0.29) is 5.82 Å². The number of nitrogens with zero attached hydrogens (tertiary/aromatic N) is 2. The smallest absolute Gasteiger partial charge is 0.123 e. The Bertz CT molecular complexity index is 619. The van der Waals surface area contributed by atoms with Gasteiger partial charge < -0.3 is 10.6 Å². The van der Waals surface area contributed by atoms with E-state index in [2.05, 4.69) is 12.6 Å². The second kappa shape index (κ2) is 6.58. The fraction of sp³-hybridized carbons (Fsp3) is 0.188. The number of nitrogens with two attached hydrogens (primary N) is 1. The van der Waals surface area contributed by atoms with Gasteiger partial charge in [-0.25, -0.2) is 4.39 Å². The van der Waals surface area contributed by atoms with Crippen molar-refractivity contribution in [3.63, 3.8) is 0 Å². The second-order valence-corrected chi connectivity index (χ2v) is 4.70. The summed E-state index contributed by atoms with van der Waals surface area (Å²) < 4.78 is 13.2. The lowest BCUT2D eigenvalue weighted by atomic mass is 10.0. The van der Waals surface area contributed by atoms with Crippen molar-refractivity contribution in [2.75, 3.05) is 14.1 Å². The molecule has 2 N–H and O–H groups in total. The van der Waals surface area contributed by atoms with E-state index in [0.29, 0.717) is 22.4 Å². The third-order valence-corrected chi connectivity index (χ3v) is 2.73. The molecule has 3 nitrogen and oxygen atoms in total. The van der Waals surface area contributed by atoms with Gasteiger partial charge in [-0.05, 0) is 36.3 Å². The first-order chi connectivity index (χ1) is 9.35. The monoisotopic (exact) mass is 271 g/mol. The number of hydrogen-bond donors (Lipinski definition) is 1. The molecule has 0 radical (unpaired) electrons. The molecule has 1 rings (SSSR count). The third-order valence-electron chi connectivity index (χ3n) is 2.73. The minimum Gasteiger partial charge on any atom is -0.398 e. The minimum atomic E-state index is -0.329. The zero-order valence-electron chi connectivity index (χ0n) is 11.9. The Morgan fingerprint density at radius 3 is 2.65 bits per heavy atom. The molecular weight excluding hydrogens is 253 g/mol. The zero-order chi connectivity index (χ0) is 15.3. The highest BCUT2D eigenvalue weighted by atomic mass is 19.1. The molecule has 0 bridgehead atoms. The molecule has 0 saturated heterocycles. The highest BCUT2D eigenvalue weighted by Crippen LogP contribution is 2.19. The maximum absolute atomic E-state index is 13.2. The number of rotatable bonds is 4. The Balaban J connectivity index is 3.14. The maximum Gasteiger partial charge on any atom is 0.123 e. The first kappa shape index (κ1) is 15.5. The molecule has 0 aliphatic rings. The summed E-state index contributed by atoms with van der Waals surface area (Å²) in [4.78, 5) is 1.74. The Hall–Kier alpha value is -2.54. The first-order valence-corrected chi connectivity index (χ1v) is 6.06. The van der Waals surface area contributed by atoms with Crippen LogP contribution >= 0.6 is 0 Å². The van der Waals surface area contributed by atoms with Gasteiger partial charge in [-0.3, -0.25) is 0 Å². The quantitative estimate of drug-likeness (QED) is 0.676. The van der Waals surface area contributed by atoms with Crippen molar-refractivity contribution in [2.45, 2.75) is 6.92 Å². The number of allylic oxidation sites excluding steroid dienone is 1. The van der Waals surface area contributed by atoms with Crippen LogP contribution in [0.2, 0.25) is 0 Å². The van der Waals surface area contributed by atoms with Gasteiger partial charge in [0, 0.05) is 31.6 Å². The van der Waals surface area contributed by atoms with Gasteiger partial charge in [0.2, 0.25) is 0 Å². The molecular formula is C16H18FN3. The minimum absolute atomic E-state index is 0.329. The van der Waals surface area contributed by atoms with Gasteiger partial charge in [0.15, 0.2) is 0 Å². The molecule has 0 spiro atoms. The Kier molecular flexibility index (Phi) is 5.10. The molecule has 1 aromatic rings. The van der Waals surface area contributed by atoms with Gasteiger partial charge in [-0.1, -0.05) is 12.6 Å². The van der Waals surface area contributed by atoms with E-state index < -0.39 is 0 Å². The Morgan fingerprint density at radius 2 is 2.10 bits per heavy atom. The standard InChI is InChI=1S/C16H18FN3/c1-11-5-6-15(17)7-13(11)8-16(19)12(2)14(9-18)10-20(3)4/h5-8,10H,2,19H2,1,3-4H3/b14-10+,16-8-. The molecule has 0 heterocycles. The SMILES string of the molecule is C=C(/C(N)=C/c1cc(F)ccc1C)/C(C#N)=C/N(C)C. The lowest BCUT2D eigenvalue weighted by molar-refractivity contribution is 0.561. The van der Waals surface area contributed by atoms with Crippen molar-refractivity contribution in [1.29, 1.82) is 5.26 Å². The average molecular weight is 271 g/mol. The van der Waals surface area contributed by atoms with Crippen LogP contribution in [0.3, 0.4) is 0 Å². The molecule has 0 fully saturated rings. The van der Waals surface area contributed by atoms with E-state index in [4.69, 9.17) is 11.0 Å². The van der Waals surface area contributed by atoms with Crippen molar-refractivity contribution in [1.82, 2.24) is 4.90 Å². The Morgan fingerprint density at radius 1 is 1.45 bits per heavy atom. The Labute approximate surface area is 119 Å². The summed E-state index contributed by atoms with van der Waals surface area (Å²) in [5.41, 5.74) is 8.66. The van der Waals surface area contributed by atoms with Crippen LogP contribution in [0.4, 0.5) is 4.39 Å². The second-order valence-electron chi connectivity index (χ2n) is 4.70. The zero-order valence-corrected chi connectivity index (χ0v) is 11.9. The number of halogens is 1. The fourth-order valence-corrected chi connectivity index (χ4v) is 1.61. The largest absolute Gasteiger partial charge is 0.398 e. The van der Waals surface area contributed by atoms with Crippen molar-refractivity contribution < 1.29 is 4.39 Å². The molecule has 0 aliphatic heterocycles. The molecule has 0 atom stereocenters. The van der Waals surface area contributed by atoms with E-state index in [1.165, 1.54) is 12.1 Å². The molecule has 0 amide bonds. The molecule has 0 aliphatic carbocycles. The topological polar surface area (TPSA) is 53.1 Å². The molecule has 4 heteroatoms. The summed E-state index contributed by atoms with van der Waals surface area (Å²) in [6.45, 7) is 5.69. The van der Waals surface area contributed by atoms with Crippen LogP contribution in [-0.4, -0.2) is 19.0 Å². The lowest BCUT2D eigenvalue weighted by Gasteiger charge is -2.10. The third kappa shape index (κ3) is 3.99. The first-order valence-electron chi connectivity index (χ1n) is 6.06. The van der Waals surface area contributed by atoms with Gasteiger partial charge in [0.05, 0.1) is 5.57 Å². The number of aryl methyl sites for hydroxylation is 1. The molecule has 0 unspecified atom stereocenters. The molecule has 0 aromatic heterocycles. The highest BCUT2D eigenvalue weighted by molar-refractivity contribution is 5.64. The summed E-state index contributed by atoms with van der Waals surface area (Å²) in [5, 5.41) is 9.11. The molecule has 104 valence electrons. The van der Waals surface area contributed by atoms with Crippen molar-refractivity contribution in [3.05, 3.63) is 64.8 Å². The van der Waals surface area contributed by atoms with Crippen molar-refractivity contribution in [3.8, 4) is 6.07 Å². The van der Waals surface area contributed by atoms with Crippen molar-refractivity contribution in [2.24, 2.45) is 5.73 Å². The highest BCUT2D eigenvalue weighted by Gasteiger charge is 2.07. The number of hydrogen-bond acceptors (Lipinski definition) is 3. The van der Waals surface area contributed by atoms with Crippen LogP contribution in [-0.2, 0) is 0 Å². The molecule has 20 heavy (non-hydrogen) atoms. The summed E-state index contributed by atoms with van der Waals surface area (Å²) in [5.74, 6) is -0.329. The molecule has 0 saturated carbocycles. The van der Waals surface area contributed by atoms with Crippen LogP contribution < -0.4 is 5.73 Å². The number of benzene rings is 1. The van der Waals surface area contributed by atoms with E-state index in [1.54, 1.807) is 37.3 Å². The van der Waals surface area contributed by atoms with Crippen LogP contribution in [0.5, 0.6) is 0 Å². The van der Waals surface area contributed by atoms with E-state index in [9.17, 15) is 4.39 Å².